The summed E-state index contributed by atoms with van der Waals surface area (Å²) in [6.45, 7) is 3.83. The van der Waals surface area contributed by atoms with E-state index in [4.69, 9.17) is 0 Å². The molecule has 0 fully saturated rings. The average Bonchev–Trinajstić information content (AvgIpc) is 2.65. The van der Waals surface area contributed by atoms with Crippen LogP contribution in [0, 0.1) is 25.7 Å². The van der Waals surface area contributed by atoms with E-state index in [1.165, 1.54) is 11.8 Å². The molecule has 0 bridgehead atoms. The van der Waals surface area contributed by atoms with E-state index in [1.54, 1.807) is 6.20 Å². The number of nitrogens with one attached hydrogen (secondary N) is 1. The molecule has 27 heavy (non-hydrogen) atoms. The molecular formula is C21H18N4OS. The highest BCUT2D eigenvalue weighted by molar-refractivity contribution is 7.99. The fourth-order valence-corrected chi connectivity index (χ4v) is 3.08. The minimum Gasteiger partial charge on any atom is -0.325 e. The van der Waals surface area contributed by atoms with Gasteiger partial charge in [0.05, 0.1) is 5.75 Å². The van der Waals surface area contributed by atoms with Gasteiger partial charge < -0.3 is 5.32 Å². The van der Waals surface area contributed by atoms with Crippen molar-refractivity contribution < 1.29 is 4.79 Å². The Bertz CT molecular complexity index is 989. The van der Waals surface area contributed by atoms with Crippen LogP contribution in [0.3, 0.4) is 0 Å². The molecule has 0 atom stereocenters. The molecule has 0 aliphatic heterocycles. The summed E-state index contributed by atoms with van der Waals surface area (Å²) in [5, 5.41) is 3.49. The Morgan fingerprint density at radius 3 is 2.59 bits per heavy atom. The standard InChI is InChI=1S/C21H18N4OS/c1-15-12-16(2)24-21(23-15)27-14-20(26)25-19-8-5-6-17(13-19)9-10-18-7-3-4-11-22-18/h3-8,11-13H,14H2,1-2H3,(H,25,26). The Hall–Kier alpha value is -3.17. The highest BCUT2D eigenvalue weighted by Crippen LogP contribution is 2.15. The van der Waals surface area contributed by atoms with Gasteiger partial charge in [-0.05, 0) is 56.2 Å². The summed E-state index contributed by atoms with van der Waals surface area (Å²) in [6.07, 6.45) is 1.71. The summed E-state index contributed by atoms with van der Waals surface area (Å²) < 4.78 is 0. The summed E-state index contributed by atoms with van der Waals surface area (Å²) >= 11 is 1.32. The van der Waals surface area contributed by atoms with Gasteiger partial charge in [-0.15, -0.1) is 0 Å². The summed E-state index contributed by atoms with van der Waals surface area (Å²) in [5.74, 6) is 6.19. The van der Waals surface area contributed by atoms with Gasteiger partial charge >= 0.3 is 0 Å². The second-order valence-electron chi connectivity index (χ2n) is 5.82. The van der Waals surface area contributed by atoms with Crippen LogP contribution in [-0.2, 0) is 4.79 Å². The van der Waals surface area contributed by atoms with Gasteiger partial charge in [0.2, 0.25) is 5.91 Å². The topological polar surface area (TPSA) is 67.8 Å². The van der Waals surface area contributed by atoms with Crippen molar-refractivity contribution in [3.63, 3.8) is 0 Å². The van der Waals surface area contributed by atoms with Crippen LogP contribution in [0.4, 0.5) is 5.69 Å². The van der Waals surface area contributed by atoms with Gasteiger partial charge in [0.25, 0.3) is 0 Å². The third-order valence-corrected chi connectivity index (χ3v) is 4.29. The zero-order valence-corrected chi connectivity index (χ0v) is 15.9. The third-order valence-electron chi connectivity index (χ3n) is 3.44. The molecule has 0 aliphatic carbocycles. The SMILES string of the molecule is Cc1cc(C)nc(SCC(=O)Nc2cccc(C#Cc3ccccn3)c2)n1. The predicted octanol–water partition coefficient (Wildman–Crippen LogP) is 3.62. The maximum Gasteiger partial charge on any atom is 0.234 e. The van der Waals surface area contributed by atoms with Crippen molar-refractivity contribution in [1.82, 2.24) is 15.0 Å². The van der Waals surface area contributed by atoms with Crippen LogP contribution in [0.2, 0.25) is 0 Å². The molecule has 0 saturated carbocycles. The zero-order valence-electron chi connectivity index (χ0n) is 15.1. The van der Waals surface area contributed by atoms with E-state index in [9.17, 15) is 4.79 Å². The first-order valence-electron chi connectivity index (χ1n) is 8.36. The van der Waals surface area contributed by atoms with Gasteiger partial charge in [0.1, 0.15) is 5.69 Å². The Balaban J connectivity index is 1.60. The molecule has 3 aromatic rings. The van der Waals surface area contributed by atoms with Crippen LogP contribution in [0.1, 0.15) is 22.6 Å². The summed E-state index contributed by atoms with van der Waals surface area (Å²) in [6, 6.07) is 14.9. The average molecular weight is 374 g/mol. The van der Waals surface area contributed by atoms with Crippen molar-refractivity contribution in [2.24, 2.45) is 0 Å². The minimum atomic E-state index is -0.113. The molecule has 134 valence electrons. The Kier molecular flexibility index (Phi) is 6.18. The maximum absolute atomic E-state index is 12.2. The fraction of sp³-hybridized carbons (Fsp3) is 0.143. The van der Waals surface area contributed by atoms with Crippen LogP contribution < -0.4 is 5.32 Å². The first kappa shape index (κ1) is 18.6. The molecule has 1 aromatic carbocycles. The molecule has 0 saturated heterocycles. The molecule has 0 spiro atoms. The monoisotopic (exact) mass is 374 g/mol. The minimum absolute atomic E-state index is 0.113. The number of aryl methyl sites for hydroxylation is 2. The van der Waals surface area contributed by atoms with Crippen molar-refractivity contribution in [2.75, 3.05) is 11.1 Å². The Morgan fingerprint density at radius 2 is 1.85 bits per heavy atom. The van der Waals surface area contributed by atoms with Crippen LogP contribution in [0.15, 0.2) is 59.9 Å². The molecule has 0 aliphatic rings. The van der Waals surface area contributed by atoms with E-state index in [0.29, 0.717) is 16.5 Å². The van der Waals surface area contributed by atoms with Crippen LogP contribution in [-0.4, -0.2) is 26.6 Å². The molecule has 0 radical (unpaired) electrons. The normalized spacial score (nSPS) is 10.0. The van der Waals surface area contributed by atoms with Crippen molar-refractivity contribution >= 4 is 23.4 Å². The number of hydrogen-bond donors (Lipinski definition) is 1. The third kappa shape index (κ3) is 5.94. The highest BCUT2D eigenvalue weighted by atomic mass is 32.2. The lowest BCUT2D eigenvalue weighted by Crippen LogP contribution is -2.14. The van der Waals surface area contributed by atoms with Crippen molar-refractivity contribution in [3.05, 3.63) is 77.4 Å². The largest absolute Gasteiger partial charge is 0.325 e. The van der Waals surface area contributed by atoms with E-state index in [2.05, 4.69) is 32.1 Å². The number of thioether (sulfide) groups is 1. The number of pyridine rings is 1. The number of benzene rings is 1. The Morgan fingerprint density at radius 1 is 1.04 bits per heavy atom. The lowest BCUT2D eigenvalue weighted by Gasteiger charge is -2.06. The molecule has 1 N–H and O–H groups in total. The van der Waals surface area contributed by atoms with E-state index in [0.717, 1.165) is 17.0 Å². The first-order chi connectivity index (χ1) is 13.1. The first-order valence-corrected chi connectivity index (χ1v) is 9.35. The molecule has 5 nitrogen and oxygen atoms in total. The molecule has 2 heterocycles. The summed E-state index contributed by atoms with van der Waals surface area (Å²) in [7, 11) is 0. The number of carbonyl (C=O) groups is 1. The number of aromatic nitrogens is 3. The number of rotatable bonds is 4. The van der Waals surface area contributed by atoms with E-state index in [1.807, 2.05) is 62.4 Å². The lowest BCUT2D eigenvalue weighted by molar-refractivity contribution is -0.113. The van der Waals surface area contributed by atoms with Gasteiger partial charge in [0.15, 0.2) is 5.16 Å². The second-order valence-corrected chi connectivity index (χ2v) is 6.76. The summed E-state index contributed by atoms with van der Waals surface area (Å²) in [5.41, 5.74) is 4.00. The van der Waals surface area contributed by atoms with Gasteiger partial charge in [-0.25, -0.2) is 15.0 Å². The number of amides is 1. The molecule has 3 rings (SSSR count). The van der Waals surface area contributed by atoms with E-state index >= 15 is 0 Å². The Labute approximate surface area is 162 Å². The van der Waals surface area contributed by atoms with E-state index in [-0.39, 0.29) is 11.7 Å². The van der Waals surface area contributed by atoms with Gasteiger partial charge in [-0.2, -0.15) is 0 Å². The van der Waals surface area contributed by atoms with Crippen LogP contribution in [0.25, 0.3) is 0 Å². The molecule has 6 heteroatoms. The van der Waals surface area contributed by atoms with Gasteiger partial charge in [-0.3, -0.25) is 4.79 Å². The van der Waals surface area contributed by atoms with Gasteiger partial charge in [0, 0.05) is 28.8 Å². The van der Waals surface area contributed by atoms with Crippen molar-refractivity contribution in [1.29, 1.82) is 0 Å². The highest BCUT2D eigenvalue weighted by Gasteiger charge is 2.07. The number of carbonyl (C=O) groups excluding carboxylic acids is 1. The predicted molar refractivity (Wildman–Crippen MR) is 108 cm³/mol. The van der Waals surface area contributed by atoms with E-state index < -0.39 is 0 Å². The lowest BCUT2D eigenvalue weighted by atomic mass is 10.2. The maximum atomic E-state index is 12.2. The molecule has 0 unspecified atom stereocenters. The smallest absolute Gasteiger partial charge is 0.234 e. The molecule has 2 aromatic heterocycles. The molecule has 1 amide bonds. The van der Waals surface area contributed by atoms with Crippen molar-refractivity contribution in [2.45, 2.75) is 19.0 Å². The summed E-state index contributed by atoms with van der Waals surface area (Å²) in [4.78, 5) is 25.0. The van der Waals surface area contributed by atoms with Crippen LogP contribution >= 0.6 is 11.8 Å². The fourth-order valence-electron chi connectivity index (χ4n) is 2.33. The van der Waals surface area contributed by atoms with Gasteiger partial charge in [-0.1, -0.05) is 29.8 Å². The number of nitrogens with zero attached hydrogens (tertiary/aromatic N) is 3. The van der Waals surface area contributed by atoms with Crippen LogP contribution in [0.5, 0.6) is 0 Å². The second kappa shape index (κ2) is 8.97. The quantitative estimate of drug-likeness (QED) is 0.429. The van der Waals surface area contributed by atoms with Crippen molar-refractivity contribution in [3.8, 4) is 11.8 Å². The number of anilines is 1. The number of hydrogen-bond acceptors (Lipinski definition) is 5. The molecular weight excluding hydrogens is 356 g/mol. The zero-order chi connectivity index (χ0) is 19.1.